The topological polar surface area (TPSA) is 36.0 Å². The molecule has 1 fully saturated rings. The number of nitrogens with zero attached hydrogens (tertiary/aromatic N) is 3. The number of fused-ring (bicyclic) bond motifs is 3. The molecule has 7 rings (SSSR count). The van der Waals surface area contributed by atoms with E-state index < -0.39 is 0 Å². The predicted molar refractivity (Wildman–Crippen MR) is 170 cm³/mol. The number of allylic oxidation sites excluding steroid dienone is 3. The Balaban J connectivity index is 0.000000691. The molecule has 0 N–H and O–H groups in total. The van der Waals surface area contributed by atoms with Crippen molar-refractivity contribution in [2.45, 2.75) is 54.9 Å². The molecule has 0 spiro atoms. The molecule has 1 unspecified atom stereocenters. The molecule has 6 bridgehead atoms. The zero-order valence-electron chi connectivity index (χ0n) is 25.5. The number of ether oxygens (including phenoxy) is 1. The molecule has 5 nitrogen and oxygen atoms in total. The van der Waals surface area contributed by atoms with Crippen LogP contribution >= 0.6 is 0 Å². The number of benzene rings is 3. The van der Waals surface area contributed by atoms with E-state index in [1.54, 1.807) is 0 Å². The summed E-state index contributed by atoms with van der Waals surface area (Å²) in [4.78, 5) is 19.9. The van der Waals surface area contributed by atoms with Crippen molar-refractivity contribution < 1.29 is 9.53 Å². The number of amides is 1. The quantitative estimate of drug-likeness (QED) is 0.288. The highest BCUT2D eigenvalue weighted by molar-refractivity contribution is 6.05. The third-order valence-corrected chi connectivity index (χ3v) is 7.03. The van der Waals surface area contributed by atoms with Gasteiger partial charge in [0.1, 0.15) is 11.5 Å². The molecule has 214 valence electrons. The van der Waals surface area contributed by atoms with E-state index in [4.69, 9.17) is 4.74 Å². The molecular formula is C35H47N3O2. The Morgan fingerprint density at radius 3 is 2.23 bits per heavy atom. The molecule has 4 aliphatic rings. The SMILES string of the molecule is CC.CC.CC.CC1=CC=C2Cc3cccc(c3)Oc3ccc4cccc(c4c3)N3CCN(CCN2C1)CC3=O. The summed E-state index contributed by atoms with van der Waals surface area (Å²) in [6.07, 6.45) is 5.33. The molecule has 0 radical (unpaired) electrons. The Kier molecular flexibility index (Phi) is 11.8. The van der Waals surface area contributed by atoms with Gasteiger partial charge in [0.15, 0.2) is 0 Å². The molecule has 4 aliphatic heterocycles. The van der Waals surface area contributed by atoms with Crippen LogP contribution in [-0.4, -0.2) is 55.0 Å². The Morgan fingerprint density at radius 2 is 1.45 bits per heavy atom. The summed E-state index contributed by atoms with van der Waals surface area (Å²) < 4.78 is 6.31. The minimum Gasteiger partial charge on any atom is -0.457 e. The number of carbonyl (C=O) groups is 1. The fourth-order valence-electron chi connectivity index (χ4n) is 5.22. The van der Waals surface area contributed by atoms with Crippen molar-refractivity contribution in [1.29, 1.82) is 0 Å². The highest BCUT2D eigenvalue weighted by atomic mass is 16.5. The minimum atomic E-state index is 0.159. The van der Waals surface area contributed by atoms with Crippen LogP contribution in [0.1, 0.15) is 54.0 Å². The summed E-state index contributed by atoms with van der Waals surface area (Å²) in [5.41, 5.74) is 4.87. The second kappa shape index (κ2) is 15.3. The van der Waals surface area contributed by atoms with Gasteiger partial charge in [0.2, 0.25) is 5.91 Å². The van der Waals surface area contributed by atoms with Gasteiger partial charge in [-0.1, -0.05) is 83.5 Å². The molecule has 4 heterocycles. The highest BCUT2D eigenvalue weighted by Crippen LogP contribution is 2.33. The van der Waals surface area contributed by atoms with E-state index in [1.807, 2.05) is 70.7 Å². The first-order valence-electron chi connectivity index (χ1n) is 15.1. The molecule has 1 amide bonds. The minimum absolute atomic E-state index is 0.159. The average Bonchev–Trinajstić information content (AvgIpc) is 3.00. The van der Waals surface area contributed by atoms with Gasteiger partial charge in [-0.3, -0.25) is 9.69 Å². The van der Waals surface area contributed by atoms with E-state index in [9.17, 15) is 4.79 Å². The van der Waals surface area contributed by atoms with Gasteiger partial charge in [-0.2, -0.15) is 0 Å². The standard InChI is InChI=1S/C29H29N3O2.3C2H6/c1-21-8-10-24-16-22-4-2-6-25(17-22)34-26-11-9-23-5-3-7-28(27(23)18-26)32-15-13-30(20-29(32)33)12-14-31(24)19-21;3*1-2/h2-11,17-18H,12-16,19-20H2,1H3;3*1-2H3. The predicted octanol–water partition coefficient (Wildman–Crippen LogP) is 8.06. The van der Waals surface area contributed by atoms with Crippen LogP contribution in [-0.2, 0) is 11.2 Å². The lowest BCUT2D eigenvalue weighted by atomic mass is 10.0. The van der Waals surface area contributed by atoms with Crippen molar-refractivity contribution in [3.05, 3.63) is 89.6 Å². The smallest absolute Gasteiger partial charge is 0.241 e. The summed E-state index contributed by atoms with van der Waals surface area (Å²) >= 11 is 0. The number of carbonyl (C=O) groups excluding carboxylic acids is 1. The largest absolute Gasteiger partial charge is 0.457 e. The highest BCUT2D eigenvalue weighted by Gasteiger charge is 2.27. The molecule has 0 saturated carbocycles. The number of anilines is 1. The second-order valence-corrected chi connectivity index (χ2v) is 9.50. The van der Waals surface area contributed by atoms with E-state index >= 15 is 0 Å². The van der Waals surface area contributed by atoms with E-state index in [2.05, 4.69) is 65.3 Å². The Bertz CT molecular complexity index is 1330. The summed E-state index contributed by atoms with van der Waals surface area (Å²) in [6.45, 7) is 18.9. The fraction of sp³-hybridized carbons (Fsp3) is 0.400. The van der Waals surface area contributed by atoms with Crippen LogP contribution in [0.15, 0.2) is 84.1 Å². The molecule has 3 aromatic carbocycles. The monoisotopic (exact) mass is 541 g/mol. The molecule has 1 atom stereocenters. The lowest BCUT2D eigenvalue weighted by Gasteiger charge is -2.37. The summed E-state index contributed by atoms with van der Waals surface area (Å²) in [5.74, 6) is 1.77. The normalized spacial score (nSPS) is 17.9. The second-order valence-electron chi connectivity index (χ2n) is 9.50. The molecule has 3 aromatic rings. The maximum absolute atomic E-state index is 13.2. The first-order chi connectivity index (χ1) is 19.6. The van der Waals surface area contributed by atoms with Crippen LogP contribution in [0.5, 0.6) is 11.5 Å². The van der Waals surface area contributed by atoms with E-state index in [0.717, 1.165) is 60.6 Å². The summed E-state index contributed by atoms with van der Waals surface area (Å²) in [6, 6.07) is 20.7. The van der Waals surface area contributed by atoms with Crippen LogP contribution in [0.25, 0.3) is 10.8 Å². The van der Waals surface area contributed by atoms with E-state index in [-0.39, 0.29) is 5.91 Å². The maximum Gasteiger partial charge on any atom is 0.241 e. The molecule has 0 aromatic heterocycles. The van der Waals surface area contributed by atoms with Crippen molar-refractivity contribution in [2.24, 2.45) is 0 Å². The van der Waals surface area contributed by atoms with Crippen molar-refractivity contribution in [3.8, 4) is 11.5 Å². The maximum atomic E-state index is 13.2. The number of hydrogen-bond donors (Lipinski definition) is 0. The van der Waals surface area contributed by atoms with Gasteiger partial charge < -0.3 is 14.5 Å². The van der Waals surface area contributed by atoms with E-state index in [1.165, 1.54) is 16.8 Å². The number of hydrogen-bond acceptors (Lipinski definition) is 4. The third-order valence-electron chi connectivity index (χ3n) is 7.03. The molecule has 40 heavy (non-hydrogen) atoms. The van der Waals surface area contributed by atoms with Gasteiger partial charge >= 0.3 is 0 Å². The van der Waals surface area contributed by atoms with Gasteiger partial charge in [0, 0.05) is 50.2 Å². The van der Waals surface area contributed by atoms with Crippen LogP contribution in [0.3, 0.4) is 0 Å². The third kappa shape index (κ3) is 7.33. The first-order valence-corrected chi connectivity index (χ1v) is 15.1. The molecule has 5 heteroatoms. The molecule has 1 saturated heterocycles. The van der Waals surface area contributed by atoms with Crippen molar-refractivity contribution in [2.75, 3.05) is 44.2 Å². The summed E-state index contributed by atoms with van der Waals surface area (Å²) in [5, 5.41) is 2.16. The zero-order valence-corrected chi connectivity index (χ0v) is 25.5. The van der Waals surface area contributed by atoms with Crippen LogP contribution in [0.2, 0.25) is 0 Å². The Hall–Kier alpha value is -3.57. The number of rotatable bonds is 0. The Labute approximate surface area is 241 Å². The van der Waals surface area contributed by atoms with E-state index in [0.29, 0.717) is 13.1 Å². The van der Waals surface area contributed by atoms with Crippen molar-refractivity contribution >= 4 is 22.4 Å². The van der Waals surface area contributed by atoms with Gasteiger partial charge in [0.25, 0.3) is 0 Å². The van der Waals surface area contributed by atoms with Crippen molar-refractivity contribution in [3.63, 3.8) is 0 Å². The van der Waals surface area contributed by atoms with Gasteiger partial charge in [-0.15, -0.1) is 0 Å². The fourth-order valence-corrected chi connectivity index (χ4v) is 5.22. The first kappa shape index (κ1) is 31.0. The van der Waals surface area contributed by atoms with Crippen LogP contribution in [0.4, 0.5) is 5.69 Å². The summed E-state index contributed by atoms with van der Waals surface area (Å²) in [7, 11) is 0. The molecule has 0 aliphatic carbocycles. The van der Waals surface area contributed by atoms with Gasteiger partial charge in [-0.25, -0.2) is 0 Å². The zero-order chi connectivity index (χ0) is 29.1. The number of piperazine rings is 1. The van der Waals surface area contributed by atoms with Gasteiger partial charge in [0.05, 0.1) is 12.2 Å². The average molecular weight is 542 g/mol. The van der Waals surface area contributed by atoms with Crippen LogP contribution in [0, 0.1) is 0 Å². The lowest BCUT2D eigenvalue weighted by molar-refractivity contribution is -0.121. The Morgan fingerprint density at radius 1 is 0.725 bits per heavy atom. The van der Waals surface area contributed by atoms with Crippen LogP contribution < -0.4 is 9.64 Å². The molecular weight excluding hydrogens is 494 g/mol. The van der Waals surface area contributed by atoms with Gasteiger partial charge in [-0.05, 0) is 54.3 Å². The van der Waals surface area contributed by atoms with Crippen molar-refractivity contribution in [1.82, 2.24) is 9.80 Å². The lowest BCUT2D eigenvalue weighted by Crippen LogP contribution is -2.52.